The molecule has 24 heavy (non-hydrogen) atoms. The van der Waals surface area contributed by atoms with Gasteiger partial charge in [0.05, 0.1) is 5.75 Å². The van der Waals surface area contributed by atoms with Crippen LogP contribution in [0, 0.1) is 17.6 Å². The zero-order valence-electron chi connectivity index (χ0n) is 13.6. The molecule has 1 aromatic carbocycles. The summed E-state index contributed by atoms with van der Waals surface area (Å²) in [5, 5.41) is 2.74. The summed E-state index contributed by atoms with van der Waals surface area (Å²) in [4.78, 5) is 12.1. The van der Waals surface area contributed by atoms with E-state index >= 15 is 0 Å². The molecule has 0 aliphatic carbocycles. The topological polar surface area (TPSA) is 66.5 Å². The molecule has 0 aromatic heterocycles. The van der Waals surface area contributed by atoms with Crippen LogP contribution in [-0.4, -0.2) is 44.0 Å². The van der Waals surface area contributed by atoms with Crippen LogP contribution in [0.5, 0.6) is 0 Å². The van der Waals surface area contributed by atoms with Gasteiger partial charge in [0.1, 0.15) is 11.6 Å². The maximum Gasteiger partial charge on any atom is 0.223 e. The maximum atomic E-state index is 13.5. The first-order valence-electron chi connectivity index (χ1n) is 8.03. The summed E-state index contributed by atoms with van der Waals surface area (Å²) in [6, 6.07) is 3.37. The van der Waals surface area contributed by atoms with Crippen LogP contribution in [0.25, 0.3) is 0 Å². The Morgan fingerprint density at radius 1 is 1.29 bits per heavy atom. The number of nitrogens with zero attached hydrogens (tertiary/aromatic N) is 1. The highest BCUT2D eigenvalue weighted by Crippen LogP contribution is 2.20. The van der Waals surface area contributed by atoms with Gasteiger partial charge in [-0.1, -0.05) is 6.07 Å². The quantitative estimate of drug-likeness (QED) is 0.839. The number of hydrogen-bond acceptors (Lipinski definition) is 3. The maximum absolute atomic E-state index is 13.5. The number of amides is 1. The van der Waals surface area contributed by atoms with Crippen LogP contribution in [0.1, 0.15) is 25.3 Å². The van der Waals surface area contributed by atoms with E-state index in [2.05, 4.69) is 5.32 Å². The number of carbonyl (C=O) groups excluding carboxylic acids is 1. The molecule has 0 unspecified atom stereocenters. The minimum Gasteiger partial charge on any atom is -0.356 e. The zero-order chi connectivity index (χ0) is 17.7. The number of sulfonamides is 1. The molecule has 5 nitrogen and oxygen atoms in total. The summed E-state index contributed by atoms with van der Waals surface area (Å²) in [5.41, 5.74) is 0.348. The van der Waals surface area contributed by atoms with Gasteiger partial charge in [-0.3, -0.25) is 4.79 Å². The Balaban J connectivity index is 1.78. The van der Waals surface area contributed by atoms with E-state index in [0.29, 0.717) is 31.5 Å². The van der Waals surface area contributed by atoms with Gasteiger partial charge in [-0.15, -0.1) is 0 Å². The molecule has 134 valence electrons. The van der Waals surface area contributed by atoms with Gasteiger partial charge in [0.25, 0.3) is 0 Å². The van der Waals surface area contributed by atoms with Crippen molar-refractivity contribution in [2.75, 3.05) is 25.4 Å². The van der Waals surface area contributed by atoms with Gasteiger partial charge < -0.3 is 5.32 Å². The number of hydrogen-bond donors (Lipinski definition) is 1. The van der Waals surface area contributed by atoms with Crippen molar-refractivity contribution in [3.63, 3.8) is 0 Å². The fraction of sp³-hybridized carbons (Fsp3) is 0.562. The van der Waals surface area contributed by atoms with E-state index in [9.17, 15) is 22.0 Å². The monoisotopic (exact) mass is 360 g/mol. The standard InChI is InChI=1S/C16H22F2N2O3S/c1-2-24(22,23)20-9-6-13(7-10-20)16(21)19-8-5-12-3-4-14(17)11-15(12)18/h3-4,11,13H,2,5-10H2,1H3,(H,19,21). The van der Waals surface area contributed by atoms with Crippen molar-refractivity contribution < 1.29 is 22.0 Å². The Bertz CT molecular complexity index is 687. The first kappa shape index (κ1) is 18.8. The van der Waals surface area contributed by atoms with Crippen molar-refractivity contribution in [1.29, 1.82) is 0 Å². The van der Waals surface area contributed by atoms with E-state index < -0.39 is 21.7 Å². The third kappa shape index (κ3) is 4.73. The van der Waals surface area contributed by atoms with Crippen molar-refractivity contribution in [3.05, 3.63) is 35.4 Å². The lowest BCUT2D eigenvalue weighted by Gasteiger charge is -2.30. The Labute approximate surface area is 141 Å². The van der Waals surface area contributed by atoms with Crippen molar-refractivity contribution in [2.24, 2.45) is 5.92 Å². The largest absolute Gasteiger partial charge is 0.356 e. The minimum absolute atomic E-state index is 0.0626. The summed E-state index contributed by atoms with van der Waals surface area (Å²) in [6.45, 7) is 2.55. The summed E-state index contributed by atoms with van der Waals surface area (Å²) in [6.07, 6.45) is 1.24. The summed E-state index contributed by atoms with van der Waals surface area (Å²) < 4.78 is 51.3. The number of rotatable bonds is 6. The summed E-state index contributed by atoms with van der Waals surface area (Å²) in [7, 11) is -3.20. The fourth-order valence-corrected chi connectivity index (χ4v) is 3.90. The third-order valence-corrected chi connectivity index (χ3v) is 6.17. The van der Waals surface area contributed by atoms with Crippen LogP contribution in [0.2, 0.25) is 0 Å². The number of nitrogens with one attached hydrogen (secondary N) is 1. The molecule has 1 aromatic rings. The van der Waals surface area contributed by atoms with Crippen molar-refractivity contribution in [2.45, 2.75) is 26.2 Å². The highest BCUT2D eigenvalue weighted by atomic mass is 32.2. The van der Waals surface area contributed by atoms with Crippen molar-refractivity contribution in [3.8, 4) is 0 Å². The molecule has 0 radical (unpaired) electrons. The van der Waals surface area contributed by atoms with E-state index in [0.717, 1.165) is 6.07 Å². The molecule has 1 amide bonds. The van der Waals surface area contributed by atoms with Crippen LogP contribution >= 0.6 is 0 Å². The predicted molar refractivity (Wildman–Crippen MR) is 86.8 cm³/mol. The SMILES string of the molecule is CCS(=O)(=O)N1CCC(C(=O)NCCc2ccc(F)cc2F)CC1. The van der Waals surface area contributed by atoms with E-state index in [1.165, 1.54) is 16.4 Å². The van der Waals surface area contributed by atoms with Gasteiger partial charge in [0.15, 0.2) is 0 Å². The Hall–Kier alpha value is -1.54. The lowest BCUT2D eigenvalue weighted by Crippen LogP contribution is -2.43. The van der Waals surface area contributed by atoms with Crippen LogP contribution in [0.3, 0.4) is 0 Å². The lowest BCUT2D eigenvalue weighted by atomic mass is 9.97. The molecule has 1 saturated heterocycles. The molecule has 1 heterocycles. The van der Waals surface area contributed by atoms with E-state index in [-0.39, 0.29) is 30.5 Å². The smallest absolute Gasteiger partial charge is 0.223 e. The second-order valence-electron chi connectivity index (χ2n) is 5.85. The number of benzene rings is 1. The van der Waals surface area contributed by atoms with Gasteiger partial charge in [-0.2, -0.15) is 0 Å². The van der Waals surface area contributed by atoms with Gasteiger partial charge >= 0.3 is 0 Å². The van der Waals surface area contributed by atoms with Crippen LogP contribution in [-0.2, 0) is 21.2 Å². The van der Waals surface area contributed by atoms with Crippen LogP contribution < -0.4 is 5.32 Å². The van der Waals surface area contributed by atoms with Gasteiger partial charge in [-0.05, 0) is 37.8 Å². The number of piperidine rings is 1. The first-order valence-corrected chi connectivity index (χ1v) is 9.64. The summed E-state index contributed by atoms with van der Waals surface area (Å²) >= 11 is 0. The van der Waals surface area contributed by atoms with Gasteiger partial charge in [0.2, 0.25) is 15.9 Å². The molecule has 0 bridgehead atoms. The lowest BCUT2D eigenvalue weighted by molar-refractivity contribution is -0.126. The van der Waals surface area contributed by atoms with Crippen LogP contribution in [0.4, 0.5) is 8.78 Å². The zero-order valence-corrected chi connectivity index (χ0v) is 14.4. The average molecular weight is 360 g/mol. The molecule has 8 heteroatoms. The molecule has 0 spiro atoms. The number of carbonyl (C=O) groups is 1. The summed E-state index contributed by atoms with van der Waals surface area (Å²) in [5.74, 6) is -1.57. The Morgan fingerprint density at radius 3 is 2.54 bits per heavy atom. The molecule has 1 aliphatic heterocycles. The van der Waals surface area contributed by atoms with Gasteiger partial charge in [0, 0.05) is 31.6 Å². The molecular formula is C16H22F2N2O3S. The number of halogens is 2. The average Bonchev–Trinajstić information content (AvgIpc) is 2.57. The predicted octanol–water partition coefficient (Wildman–Crippen LogP) is 1.69. The third-order valence-electron chi connectivity index (χ3n) is 4.29. The Morgan fingerprint density at radius 2 is 1.96 bits per heavy atom. The second kappa shape index (κ2) is 8.02. The molecule has 0 atom stereocenters. The highest BCUT2D eigenvalue weighted by Gasteiger charge is 2.29. The normalized spacial score (nSPS) is 17.0. The van der Waals surface area contributed by atoms with Crippen molar-refractivity contribution >= 4 is 15.9 Å². The molecule has 1 aliphatic rings. The van der Waals surface area contributed by atoms with Gasteiger partial charge in [-0.25, -0.2) is 21.5 Å². The molecule has 2 rings (SSSR count). The van der Waals surface area contributed by atoms with E-state index in [1.54, 1.807) is 6.92 Å². The first-order chi connectivity index (χ1) is 11.3. The van der Waals surface area contributed by atoms with Crippen molar-refractivity contribution in [1.82, 2.24) is 9.62 Å². The van der Waals surface area contributed by atoms with E-state index in [1.807, 2.05) is 0 Å². The Kier molecular flexibility index (Phi) is 6.28. The minimum atomic E-state index is -3.20. The molecule has 1 fully saturated rings. The second-order valence-corrected chi connectivity index (χ2v) is 8.11. The highest BCUT2D eigenvalue weighted by molar-refractivity contribution is 7.89. The van der Waals surface area contributed by atoms with Crippen LogP contribution in [0.15, 0.2) is 18.2 Å². The van der Waals surface area contributed by atoms with E-state index in [4.69, 9.17) is 0 Å². The fourth-order valence-electron chi connectivity index (χ4n) is 2.77. The molecule has 1 N–H and O–H groups in total. The molecular weight excluding hydrogens is 338 g/mol. The molecule has 0 saturated carbocycles.